The molecule has 0 aromatic carbocycles. The Hall–Kier alpha value is -2.05. The van der Waals surface area contributed by atoms with E-state index in [-0.39, 0.29) is 6.09 Å². The van der Waals surface area contributed by atoms with Crippen molar-refractivity contribution in [2.75, 3.05) is 26.2 Å². The normalized spacial score (nSPS) is 15.5. The van der Waals surface area contributed by atoms with Gasteiger partial charge in [0.05, 0.1) is 13.1 Å². The number of hydrogen-bond acceptors (Lipinski definition) is 5. The lowest BCUT2D eigenvalue weighted by Crippen LogP contribution is -2.47. The van der Waals surface area contributed by atoms with Crippen LogP contribution in [0.1, 0.15) is 26.5 Å². The average Bonchev–Trinajstić information content (AvgIpc) is 2.83. The number of ether oxygens (including phenoxy) is 1. The largest absolute Gasteiger partial charge is 0.444 e. The van der Waals surface area contributed by atoms with Gasteiger partial charge in [-0.25, -0.2) is 4.79 Å². The van der Waals surface area contributed by atoms with Crippen LogP contribution in [0, 0.1) is 0 Å². The Morgan fingerprint density at radius 2 is 2.23 bits per heavy atom. The molecule has 2 rings (SSSR count). The van der Waals surface area contributed by atoms with E-state index >= 15 is 0 Å². The molecule has 0 spiro atoms. The van der Waals surface area contributed by atoms with Crippen LogP contribution in [0.15, 0.2) is 17.3 Å². The Kier molecular flexibility index (Phi) is 5.05. The minimum Gasteiger partial charge on any atom is -0.444 e. The van der Waals surface area contributed by atoms with Crippen LogP contribution in [0.5, 0.6) is 0 Å². The Balaban J connectivity index is 1.79. The predicted molar refractivity (Wildman–Crippen MR) is 85.0 cm³/mol. The molecule has 2 heterocycles. The number of aromatic nitrogens is 2. The third-order valence-corrected chi connectivity index (χ3v) is 3.30. The van der Waals surface area contributed by atoms with E-state index in [1.165, 1.54) is 0 Å². The molecule has 0 radical (unpaired) electrons. The first-order chi connectivity index (χ1) is 10.3. The summed E-state index contributed by atoms with van der Waals surface area (Å²) >= 11 is 0. The zero-order valence-corrected chi connectivity index (χ0v) is 13.8. The van der Waals surface area contributed by atoms with E-state index < -0.39 is 5.60 Å². The molecule has 7 nitrogen and oxygen atoms in total. The number of carbonyl (C=O) groups excluding carboxylic acids is 1. The molecule has 7 heteroatoms. The first-order valence-electron chi connectivity index (χ1n) is 7.57. The summed E-state index contributed by atoms with van der Waals surface area (Å²) in [5.74, 6) is 0.833. The predicted octanol–water partition coefficient (Wildman–Crippen LogP) is 1.20. The van der Waals surface area contributed by atoms with Gasteiger partial charge < -0.3 is 10.1 Å². The van der Waals surface area contributed by atoms with Crippen LogP contribution in [-0.2, 0) is 18.2 Å². The van der Waals surface area contributed by atoms with E-state index in [1.54, 1.807) is 11.1 Å². The van der Waals surface area contributed by atoms with E-state index in [0.29, 0.717) is 19.6 Å². The van der Waals surface area contributed by atoms with Crippen LogP contribution in [0.3, 0.4) is 0 Å². The van der Waals surface area contributed by atoms with Gasteiger partial charge in [-0.05, 0) is 26.8 Å². The van der Waals surface area contributed by atoms with Crippen LogP contribution in [-0.4, -0.2) is 58.4 Å². The minimum atomic E-state index is -0.473. The summed E-state index contributed by atoms with van der Waals surface area (Å²) in [4.78, 5) is 18.2. The number of aryl methyl sites for hydroxylation is 1. The Labute approximate surface area is 131 Å². The molecule has 122 valence electrons. The lowest BCUT2D eigenvalue weighted by molar-refractivity contribution is 0.0276. The van der Waals surface area contributed by atoms with Crippen molar-refractivity contribution >= 4 is 11.9 Å². The maximum Gasteiger partial charge on any atom is 0.410 e. The fourth-order valence-corrected chi connectivity index (χ4v) is 2.19. The summed E-state index contributed by atoms with van der Waals surface area (Å²) in [6, 6.07) is 2.00. The zero-order chi connectivity index (χ0) is 16.2. The molecule has 1 aliphatic heterocycles. The fourth-order valence-electron chi connectivity index (χ4n) is 2.19. The molecule has 1 amide bonds. The van der Waals surface area contributed by atoms with Crippen molar-refractivity contribution in [2.24, 2.45) is 12.0 Å². The first kappa shape index (κ1) is 16.3. The molecule has 0 fully saturated rings. The van der Waals surface area contributed by atoms with E-state index in [1.807, 2.05) is 38.6 Å². The highest BCUT2D eigenvalue weighted by Crippen LogP contribution is 2.11. The second-order valence-corrected chi connectivity index (χ2v) is 6.35. The van der Waals surface area contributed by atoms with Crippen molar-refractivity contribution in [2.45, 2.75) is 32.8 Å². The summed E-state index contributed by atoms with van der Waals surface area (Å²) in [5, 5.41) is 7.43. The topological polar surface area (TPSA) is 71.8 Å². The molecule has 0 aliphatic carbocycles. The van der Waals surface area contributed by atoms with Crippen molar-refractivity contribution in [3.05, 3.63) is 18.0 Å². The molecule has 0 bridgehead atoms. The van der Waals surface area contributed by atoms with Crippen molar-refractivity contribution in [3.63, 3.8) is 0 Å². The number of amides is 1. The van der Waals surface area contributed by atoms with Gasteiger partial charge in [0.15, 0.2) is 0 Å². The van der Waals surface area contributed by atoms with E-state index in [4.69, 9.17) is 4.74 Å². The summed E-state index contributed by atoms with van der Waals surface area (Å²) in [6.45, 7) is 8.05. The van der Waals surface area contributed by atoms with E-state index in [2.05, 4.69) is 15.4 Å². The highest BCUT2D eigenvalue weighted by Gasteiger charge is 2.24. The van der Waals surface area contributed by atoms with Gasteiger partial charge in [0.1, 0.15) is 11.4 Å². The number of carbonyl (C=O) groups is 1. The van der Waals surface area contributed by atoms with Crippen LogP contribution in [0.25, 0.3) is 0 Å². The van der Waals surface area contributed by atoms with Crippen LogP contribution in [0.2, 0.25) is 0 Å². The standard InChI is InChI=1S/C15H25N5O2/c1-15(2,3)22-14(21)20-10-9-17-13(11-20)16-7-5-12-6-8-18-19(12)4/h6,8H,5,7,9-11H2,1-4H3,(H,16,17). The number of nitrogens with zero attached hydrogens (tertiary/aromatic N) is 4. The summed E-state index contributed by atoms with van der Waals surface area (Å²) < 4.78 is 7.26. The monoisotopic (exact) mass is 307 g/mol. The summed E-state index contributed by atoms with van der Waals surface area (Å²) in [6.07, 6.45) is 2.37. The maximum atomic E-state index is 12.1. The van der Waals surface area contributed by atoms with Crippen molar-refractivity contribution in [1.29, 1.82) is 0 Å². The molecule has 1 aromatic heterocycles. The number of nitrogens with one attached hydrogen (secondary N) is 1. The van der Waals surface area contributed by atoms with Gasteiger partial charge >= 0.3 is 6.09 Å². The molecule has 0 saturated heterocycles. The maximum absolute atomic E-state index is 12.1. The average molecular weight is 307 g/mol. The van der Waals surface area contributed by atoms with Crippen molar-refractivity contribution in [3.8, 4) is 0 Å². The SMILES string of the molecule is Cn1nccc1CCNC1=NCCN(C(=O)OC(C)(C)C)C1. The third kappa shape index (κ3) is 4.75. The van der Waals surface area contributed by atoms with Crippen LogP contribution < -0.4 is 5.32 Å². The van der Waals surface area contributed by atoms with Gasteiger partial charge in [0, 0.05) is 38.4 Å². The zero-order valence-electron chi connectivity index (χ0n) is 13.8. The Bertz CT molecular complexity index is 544. The van der Waals surface area contributed by atoms with Crippen molar-refractivity contribution in [1.82, 2.24) is 20.0 Å². The highest BCUT2D eigenvalue weighted by atomic mass is 16.6. The van der Waals surface area contributed by atoms with Gasteiger partial charge in [0.25, 0.3) is 0 Å². The van der Waals surface area contributed by atoms with Gasteiger partial charge in [-0.15, -0.1) is 0 Å². The second-order valence-electron chi connectivity index (χ2n) is 6.35. The molecular weight excluding hydrogens is 282 g/mol. The molecule has 0 saturated carbocycles. The van der Waals surface area contributed by atoms with Gasteiger partial charge in [0.2, 0.25) is 0 Å². The summed E-state index contributed by atoms with van der Waals surface area (Å²) in [7, 11) is 1.93. The van der Waals surface area contributed by atoms with E-state index in [9.17, 15) is 4.79 Å². The Morgan fingerprint density at radius 1 is 1.45 bits per heavy atom. The molecular formula is C15H25N5O2. The summed E-state index contributed by atoms with van der Waals surface area (Å²) in [5.41, 5.74) is 0.687. The molecule has 1 N–H and O–H groups in total. The molecule has 0 atom stereocenters. The number of rotatable bonds is 3. The molecule has 22 heavy (non-hydrogen) atoms. The first-order valence-corrected chi connectivity index (χ1v) is 7.57. The van der Waals surface area contributed by atoms with Crippen molar-refractivity contribution < 1.29 is 9.53 Å². The van der Waals surface area contributed by atoms with Crippen LogP contribution >= 0.6 is 0 Å². The van der Waals surface area contributed by atoms with Gasteiger partial charge in [-0.3, -0.25) is 14.6 Å². The molecule has 0 unspecified atom stereocenters. The lowest BCUT2D eigenvalue weighted by atomic mass is 10.2. The lowest BCUT2D eigenvalue weighted by Gasteiger charge is -2.29. The van der Waals surface area contributed by atoms with E-state index in [0.717, 1.165) is 24.5 Å². The third-order valence-electron chi connectivity index (χ3n) is 3.30. The van der Waals surface area contributed by atoms with Gasteiger partial charge in [-0.2, -0.15) is 5.10 Å². The number of hydrogen-bond donors (Lipinski definition) is 1. The Morgan fingerprint density at radius 3 is 2.86 bits per heavy atom. The second kappa shape index (κ2) is 6.81. The smallest absolute Gasteiger partial charge is 0.410 e. The quantitative estimate of drug-likeness (QED) is 0.911. The number of aliphatic imine (C=N–C) groups is 1. The molecule has 1 aliphatic rings. The molecule has 1 aromatic rings. The highest BCUT2D eigenvalue weighted by molar-refractivity contribution is 5.87. The number of amidine groups is 1. The minimum absolute atomic E-state index is 0.284. The fraction of sp³-hybridized carbons (Fsp3) is 0.667. The van der Waals surface area contributed by atoms with Gasteiger partial charge in [-0.1, -0.05) is 0 Å². The van der Waals surface area contributed by atoms with Crippen LogP contribution in [0.4, 0.5) is 4.79 Å².